The largest absolute Gasteiger partial charge is 0.458 e. The highest BCUT2D eigenvalue weighted by Gasteiger charge is 2.15. The summed E-state index contributed by atoms with van der Waals surface area (Å²) in [6.45, 7) is 2.04. The maximum Gasteiger partial charge on any atom is 0.138 e. The molecule has 96 valence electrons. The van der Waals surface area contributed by atoms with Gasteiger partial charge in [0.2, 0.25) is 0 Å². The zero-order valence-corrected chi connectivity index (χ0v) is 12.6. The van der Waals surface area contributed by atoms with E-state index in [1.165, 1.54) is 5.56 Å². The summed E-state index contributed by atoms with van der Waals surface area (Å²) in [6.07, 6.45) is -0.718. The molecular weight excluding hydrogens is 351 g/mol. The Morgan fingerprint density at radius 1 is 1.05 bits per heavy atom. The van der Waals surface area contributed by atoms with Gasteiger partial charge in [-0.3, -0.25) is 0 Å². The van der Waals surface area contributed by atoms with E-state index >= 15 is 0 Å². The Hall–Kier alpha value is -1.33. The molecule has 1 N–H and O–H groups in total. The Kier molecular flexibility index (Phi) is 3.33. The predicted octanol–water partition coefficient (Wildman–Crippen LogP) is 4.43. The molecule has 0 bridgehead atoms. The molecule has 0 spiro atoms. The maximum atomic E-state index is 10.4. The van der Waals surface area contributed by atoms with Gasteiger partial charge in [0.05, 0.1) is 0 Å². The molecule has 3 heteroatoms. The van der Waals surface area contributed by atoms with Crippen LogP contribution < -0.4 is 0 Å². The minimum absolute atomic E-state index is 0.585. The van der Waals surface area contributed by atoms with Crippen molar-refractivity contribution in [1.29, 1.82) is 0 Å². The smallest absolute Gasteiger partial charge is 0.138 e. The van der Waals surface area contributed by atoms with Gasteiger partial charge in [-0.2, -0.15) is 0 Å². The summed E-state index contributed by atoms with van der Waals surface area (Å²) < 4.78 is 6.86. The standard InChI is InChI=1S/C16H13IO2/c1-10-2-7-14-12(8-10)9-15(19-14)16(18)11-3-5-13(17)6-4-11/h2-9,16,18H,1H3. The molecule has 0 saturated heterocycles. The fourth-order valence-electron chi connectivity index (χ4n) is 2.13. The van der Waals surface area contributed by atoms with Crippen molar-refractivity contribution < 1.29 is 9.52 Å². The van der Waals surface area contributed by atoms with E-state index in [1.54, 1.807) is 0 Å². The van der Waals surface area contributed by atoms with E-state index in [0.29, 0.717) is 5.76 Å². The maximum absolute atomic E-state index is 10.4. The number of aliphatic hydroxyl groups excluding tert-OH is 1. The second-order valence-electron chi connectivity index (χ2n) is 4.64. The fourth-order valence-corrected chi connectivity index (χ4v) is 2.49. The van der Waals surface area contributed by atoms with Crippen LogP contribution in [-0.2, 0) is 0 Å². The molecule has 0 aliphatic heterocycles. The van der Waals surface area contributed by atoms with Crippen LogP contribution >= 0.6 is 22.6 Å². The van der Waals surface area contributed by atoms with E-state index in [1.807, 2.05) is 49.4 Å². The van der Waals surface area contributed by atoms with Crippen molar-refractivity contribution in [3.8, 4) is 0 Å². The average molecular weight is 364 g/mol. The SMILES string of the molecule is Cc1ccc2oc(C(O)c3ccc(I)cc3)cc2c1. The minimum Gasteiger partial charge on any atom is -0.458 e. The number of halogens is 1. The molecule has 0 aliphatic rings. The third-order valence-electron chi connectivity index (χ3n) is 3.15. The summed E-state index contributed by atoms with van der Waals surface area (Å²) in [5.41, 5.74) is 2.84. The van der Waals surface area contributed by atoms with Crippen LogP contribution in [0.25, 0.3) is 11.0 Å². The second kappa shape index (κ2) is 4.98. The lowest BCUT2D eigenvalue weighted by Gasteiger charge is -2.07. The molecule has 1 atom stereocenters. The Balaban J connectivity index is 2.01. The van der Waals surface area contributed by atoms with Gasteiger partial charge >= 0.3 is 0 Å². The van der Waals surface area contributed by atoms with Gasteiger partial charge in [0, 0.05) is 8.96 Å². The van der Waals surface area contributed by atoms with Crippen molar-refractivity contribution in [2.24, 2.45) is 0 Å². The zero-order chi connectivity index (χ0) is 13.4. The van der Waals surface area contributed by atoms with Crippen molar-refractivity contribution >= 4 is 33.6 Å². The van der Waals surface area contributed by atoms with Crippen LogP contribution in [0.15, 0.2) is 52.9 Å². The van der Waals surface area contributed by atoms with Gasteiger partial charge in [0.1, 0.15) is 17.4 Å². The Bertz CT molecular complexity index is 713. The van der Waals surface area contributed by atoms with Gasteiger partial charge in [-0.15, -0.1) is 0 Å². The van der Waals surface area contributed by atoms with Crippen LogP contribution in [-0.4, -0.2) is 5.11 Å². The second-order valence-corrected chi connectivity index (χ2v) is 5.89. The fraction of sp³-hybridized carbons (Fsp3) is 0.125. The molecular formula is C16H13IO2. The molecule has 1 aromatic heterocycles. The highest BCUT2D eigenvalue weighted by Crippen LogP contribution is 2.28. The van der Waals surface area contributed by atoms with Crippen LogP contribution in [0.2, 0.25) is 0 Å². The lowest BCUT2D eigenvalue weighted by molar-refractivity contribution is 0.192. The molecule has 3 rings (SSSR count). The molecule has 1 unspecified atom stereocenters. The Morgan fingerprint density at radius 2 is 1.79 bits per heavy atom. The summed E-state index contributed by atoms with van der Waals surface area (Å²) in [7, 11) is 0. The van der Waals surface area contributed by atoms with Gasteiger partial charge in [-0.1, -0.05) is 23.8 Å². The average Bonchev–Trinajstić information content (AvgIpc) is 2.81. The number of fused-ring (bicyclic) bond motifs is 1. The first-order valence-electron chi connectivity index (χ1n) is 6.07. The van der Waals surface area contributed by atoms with E-state index in [4.69, 9.17) is 4.42 Å². The van der Waals surface area contributed by atoms with E-state index < -0.39 is 6.10 Å². The Morgan fingerprint density at radius 3 is 2.53 bits per heavy atom. The van der Waals surface area contributed by atoms with Gasteiger partial charge in [-0.25, -0.2) is 0 Å². The number of aryl methyl sites for hydroxylation is 1. The van der Waals surface area contributed by atoms with Gasteiger partial charge < -0.3 is 9.52 Å². The van der Waals surface area contributed by atoms with Crippen molar-refractivity contribution in [2.45, 2.75) is 13.0 Å². The topological polar surface area (TPSA) is 33.4 Å². The first kappa shape index (κ1) is 12.7. The monoisotopic (exact) mass is 364 g/mol. The zero-order valence-electron chi connectivity index (χ0n) is 10.4. The number of furan rings is 1. The number of hydrogen-bond donors (Lipinski definition) is 1. The summed E-state index contributed by atoms with van der Waals surface area (Å²) in [6, 6.07) is 15.7. The number of benzene rings is 2. The van der Waals surface area contributed by atoms with Crippen molar-refractivity contribution in [3.63, 3.8) is 0 Å². The molecule has 2 nitrogen and oxygen atoms in total. The van der Waals surface area contributed by atoms with Crippen LogP contribution in [0, 0.1) is 10.5 Å². The number of hydrogen-bond acceptors (Lipinski definition) is 2. The third-order valence-corrected chi connectivity index (χ3v) is 3.87. The quantitative estimate of drug-likeness (QED) is 0.683. The molecule has 0 amide bonds. The lowest BCUT2D eigenvalue weighted by atomic mass is 10.1. The first-order valence-corrected chi connectivity index (χ1v) is 7.15. The van der Waals surface area contributed by atoms with E-state index in [0.717, 1.165) is 20.1 Å². The van der Waals surface area contributed by atoms with Gasteiger partial charge in [-0.05, 0) is 65.4 Å². The van der Waals surface area contributed by atoms with Crippen LogP contribution in [0.1, 0.15) is 23.0 Å². The van der Waals surface area contributed by atoms with Crippen LogP contribution in [0.4, 0.5) is 0 Å². The predicted molar refractivity (Wildman–Crippen MR) is 84.2 cm³/mol. The van der Waals surface area contributed by atoms with Crippen molar-refractivity contribution in [1.82, 2.24) is 0 Å². The minimum atomic E-state index is -0.718. The lowest BCUT2D eigenvalue weighted by Crippen LogP contribution is -1.97. The molecule has 19 heavy (non-hydrogen) atoms. The first-order chi connectivity index (χ1) is 9.13. The summed E-state index contributed by atoms with van der Waals surface area (Å²) in [5.74, 6) is 0.585. The van der Waals surface area contributed by atoms with Crippen molar-refractivity contribution in [3.05, 3.63) is 69.0 Å². The van der Waals surface area contributed by atoms with Gasteiger partial charge in [0.15, 0.2) is 0 Å². The van der Waals surface area contributed by atoms with Gasteiger partial charge in [0.25, 0.3) is 0 Å². The molecule has 0 radical (unpaired) electrons. The molecule has 0 fully saturated rings. The third kappa shape index (κ3) is 2.53. The van der Waals surface area contributed by atoms with E-state index in [2.05, 4.69) is 28.7 Å². The van der Waals surface area contributed by atoms with E-state index in [-0.39, 0.29) is 0 Å². The highest BCUT2D eigenvalue weighted by molar-refractivity contribution is 14.1. The number of rotatable bonds is 2. The molecule has 1 heterocycles. The summed E-state index contributed by atoms with van der Waals surface area (Å²) >= 11 is 2.24. The summed E-state index contributed by atoms with van der Waals surface area (Å²) in [4.78, 5) is 0. The van der Waals surface area contributed by atoms with Crippen LogP contribution in [0.5, 0.6) is 0 Å². The van der Waals surface area contributed by atoms with E-state index in [9.17, 15) is 5.11 Å². The van der Waals surface area contributed by atoms with Crippen LogP contribution in [0.3, 0.4) is 0 Å². The molecule has 3 aromatic rings. The summed E-state index contributed by atoms with van der Waals surface area (Å²) in [5, 5.41) is 11.4. The highest BCUT2D eigenvalue weighted by atomic mass is 127. The molecule has 0 aliphatic carbocycles. The molecule has 2 aromatic carbocycles. The Labute approximate surface area is 125 Å². The van der Waals surface area contributed by atoms with Crippen molar-refractivity contribution in [2.75, 3.05) is 0 Å². The number of aliphatic hydroxyl groups is 1. The normalized spacial score (nSPS) is 12.8. The molecule has 0 saturated carbocycles.